The third-order valence-corrected chi connectivity index (χ3v) is 8.33. The number of amides is 2. The Morgan fingerprint density at radius 1 is 1.05 bits per heavy atom. The molecule has 1 atom stereocenters. The fraction of sp³-hybridized carbons (Fsp3) is 0.231. The molecule has 0 unspecified atom stereocenters. The van der Waals surface area contributed by atoms with Gasteiger partial charge in [-0.1, -0.05) is 57.9 Å². The molecule has 0 radical (unpaired) electrons. The minimum Gasteiger partial charge on any atom is -0.495 e. The van der Waals surface area contributed by atoms with Crippen LogP contribution in [0.2, 0.25) is 5.02 Å². The third kappa shape index (κ3) is 6.82. The molecule has 11 heteroatoms. The maximum atomic E-state index is 13.7. The van der Waals surface area contributed by atoms with Gasteiger partial charge in [-0.05, 0) is 55.0 Å². The number of carbonyl (C=O) groups excluding carboxylic acids is 2. The van der Waals surface area contributed by atoms with Crippen molar-refractivity contribution in [3.8, 4) is 5.75 Å². The van der Waals surface area contributed by atoms with Crippen molar-refractivity contribution in [1.82, 2.24) is 10.2 Å². The summed E-state index contributed by atoms with van der Waals surface area (Å²) in [7, 11) is -1.24. The highest BCUT2D eigenvalue weighted by Gasteiger charge is 2.32. The Labute approximate surface area is 230 Å². The molecule has 196 valence electrons. The molecule has 0 aromatic heterocycles. The van der Waals surface area contributed by atoms with E-state index in [-0.39, 0.29) is 28.1 Å². The van der Waals surface area contributed by atoms with Crippen LogP contribution in [0.4, 0.5) is 5.69 Å². The van der Waals surface area contributed by atoms with Crippen molar-refractivity contribution < 1.29 is 22.7 Å². The smallest absolute Gasteiger partial charge is 0.264 e. The summed E-state index contributed by atoms with van der Waals surface area (Å²) in [5, 5.41) is 2.74. The largest absolute Gasteiger partial charge is 0.495 e. The zero-order valence-corrected chi connectivity index (χ0v) is 23.7. The van der Waals surface area contributed by atoms with Crippen LogP contribution in [0.3, 0.4) is 0 Å². The van der Waals surface area contributed by atoms with E-state index in [0.29, 0.717) is 5.75 Å². The molecule has 3 aromatic carbocycles. The van der Waals surface area contributed by atoms with Crippen molar-refractivity contribution in [3.05, 3.63) is 87.9 Å². The van der Waals surface area contributed by atoms with Gasteiger partial charge in [0.15, 0.2) is 0 Å². The van der Waals surface area contributed by atoms with E-state index in [1.807, 2.05) is 24.3 Å². The van der Waals surface area contributed by atoms with Crippen molar-refractivity contribution in [3.63, 3.8) is 0 Å². The molecular weight excluding hydrogens is 582 g/mol. The van der Waals surface area contributed by atoms with Crippen molar-refractivity contribution in [2.24, 2.45) is 0 Å². The van der Waals surface area contributed by atoms with E-state index >= 15 is 0 Å². The van der Waals surface area contributed by atoms with Gasteiger partial charge in [0.1, 0.15) is 18.3 Å². The Balaban J connectivity index is 2.05. The maximum Gasteiger partial charge on any atom is 0.264 e. The van der Waals surface area contributed by atoms with Gasteiger partial charge in [-0.2, -0.15) is 0 Å². The van der Waals surface area contributed by atoms with Crippen LogP contribution in [-0.2, 0) is 26.2 Å². The van der Waals surface area contributed by atoms with E-state index in [4.69, 9.17) is 16.3 Å². The van der Waals surface area contributed by atoms with Crippen LogP contribution < -0.4 is 14.4 Å². The molecule has 0 spiro atoms. The molecule has 3 aromatic rings. The van der Waals surface area contributed by atoms with E-state index in [2.05, 4.69) is 21.2 Å². The Hall–Kier alpha value is -3.08. The molecule has 2 amide bonds. The lowest BCUT2D eigenvalue weighted by Gasteiger charge is -2.32. The summed E-state index contributed by atoms with van der Waals surface area (Å²) in [4.78, 5) is 27.6. The van der Waals surface area contributed by atoms with Crippen LogP contribution >= 0.6 is 27.5 Å². The van der Waals surface area contributed by atoms with E-state index in [1.165, 1.54) is 49.4 Å². The number of rotatable bonds is 10. The summed E-state index contributed by atoms with van der Waals surface area (Å²) in [5.74, 6) is -0.584. The Morgan fingerprint density at radius 2 is 1.70 bits per heavy atom. The van der Waals surface area contributed by atoms with Crippen molar-refractivity contribution in [2.45, 2.75) is 24.4 Å². The summed E-state index contributed by atoms with van der Waals surface area (Å²) in [5.41, 5.74) is 0.955. The summed E-state index contributed by atoms with van der Waals surface area (Å²) in [6, 6.07) is 18.7. The number of hydrogen-bond donors (Lipinski definition) is 1. The molecule has 0 saturated carbocycles. The minimum atomic E-state index is -4.17. The summed E-state index contributed by atoms with van der Waals surface area (Å²) < 4.78 is 34.5. The van der Waals surface area contributed by atoms with Gasteiger partial charge in [-0.25, -0.2) is 8.42 Å². The lowest BCUT2D eigenvalue weighted by molar-refractivity contribution is -0.139. The highest BCUT2D eigenvalue weighted by Crippen LogP contribution is 2.32. The molecule has 0 aliphatic heterocycles. The zero-order chi connectivity index (χ0) is 27.2. The van der Waals surface area contributed by atoms with Gasteiger partial charge in [0.2, 0.25) is 11.8 Å². The number of likely N-dealkylation sites (N-methyl/N-ethyl adjacent to an activating group) is 1. The van der Waals surface area contributed by atoms with Gasteiger partial charge in [0.25, 0.3) is 10.0 Å². The third-order valence-electron chi connectivity index (χ3n) is 5.71. The fourth-order valence-corrected chi connectivity index (χ4v) is 5.58. The molecule has 1 N–H and O–H groups in total. The Bertz CT molecular complexity index is 1350. The predicted molar refractivity (Wildman–Crippen MR) is 147 cm³/mol. The minimum absolute atomic E-state index is 0.00792. The van der Waals surface area contributed by atoms with Gasteiger partial charge in [-0.3, -0.25) is 13.9 Å². The summed E-state index contributed by atoms with van der Waals surface area (Å²) >= 11 is 9.69. The number of carbonyl (C=O) groups is 2. The quantitative estimate of drug-likeness (QED) is 0.367. The normalized spacial score (nSPS) is 11.9. The number of nitrogens with one attached hydrogen (secondary N) is 1. The Morgan fingerprint density at radius 3 is 2.27 bits per heavy atom. The van der Waals surface area contributed by atoms with E-state index in [9.17, 15) is 18.0 Å². The molecule has 0 aliphatic carbocycles. The zero-order valence-electron chi connectivity index (χ0n) is 20.5. The van der Waals surface area contributed by atoms with Gasteiger partial charge in [0.05, 0.1) is 22.7 Å². The Kier molecular flexibility index (Phi) is 9.58. The molecule has 3 rings (SSSR count). The molecule has 0 aliphatic rings. The predicted octanol–water partition coefficient (Wildman–Crippen LogP) is 4.47. The lowest BCUT2D eigenvalue weighted by Crippen LogP contribution is -2.50. The van der Waals surface area contributed by atoms with Crippen LogP contribution in [-0.4, -0.2) is 51.9 Å². The number of methoxy groups -OCH3 is 1. The van der Waals surface area contributed by atoms with E-state index in [0.717, 1.165) is 14.3 Å². The lowest BCUT2D eigenvalue weighted by atomic mass is 10.1. The standard InChI is InChI=1S/C26H27BrClN3O5S/c1-18(26(33)29-2)30(16-19-9-11-20(27)12-10-19)25(32)17-31(21-13-14-24(36-3)23(28)15-21)37(34,35)22-7-5-4-6-8-22/h4-15,18H,16-17H2,1-3H3,(H,29,33)/t18-/m1/s1. The number of sulfonamides is 1. The van der Waals surface area contributed by atoms with Crippen LogP contribution in [0.25, 0.3) is 0 Å². The van der Waals surface area contributed by atoms with Crippen molar-refractivity contribution in [2.75, 3.05) is 25.0 Å². The first-order valence-corrected chi connectivity index (χ1v) is 13.9. The first-order chi connectivity index (χ1) is 17.6. The molecule has 0 heterocycles. The molecule has 0 bridgehead atoms. The number of anilines is 1. The van der Waals surface area contributed by atoms with E-state index < -0.39 is 28.5 Å². The molecule has 0 saturated heterocycles. The highest BCUT2D eigenvalue weighted by atomic mass is 79.9. The summed E-state index contributed by atoms with van der Waals surface area (Å²) in [6.45, 7) is 1.14. The monoisotopic (exact) mass is 607 g/mol. The number of hydrogen-bond acceptors (Lipinski definition) is 5. The first-order valence-electron chi connectivity index (χ1n) is 11.2. The summed E-state index contributed by atoms with van der Waals surface area (Å²) in [6.07, 6.45) is 0. The maximum absolute atomic E-state index is 13.7. The van der Waals surface area contributed by atoms with Crippen molar-refractivity contribution >= 4 is 55.1 Å². The number of benzene rings is 3. The van der Waals surface area contributed by atoms with Crippen LogP contribution in [0, 0.1) is 0 Å². The van der Waals surface area contributed by atoms with Gasteiger partial charge in [-0.15, -0.1) is 0 Å². The highest BCUT2D eigenvalue weighted by molar-refractivity contribution is 9.10. The number of ether oxygens (including phenoxy) is 1. The number of halogens is 2. The van der Waals surface area contributed by atoms with Gasteiger partial charge in [0, 0.05) is 18.1 Å². The SMILES string of the molecule is CNC(=O)[C@@H](C)N(Cc1ccc(Br)cc1)C(=O)CN(c1ccc(OC)c(Cl)c1)S(=O)(=O)c1ccccc1. The second-order valence-corrected chi connectivity index (χ2v) is 11.3. The second-order valence-electron chi connectivity index (χ2n) is 8.08. The topological polar surface area (TPSA) is 96.0 Å². The number of nitrogens with zero attached hydrogens (tertiary/aromatic N) is 2. The molecule has 37 heavy (non-hydrogen) atoms. The molecule has 0 fully saturated rings. The van der Waals surface area contributed by atoms with Crippen LogP contribution in [0.1, 0.15) is 12.5 Å². The molecule has 8 nitrogen and oxygen atoms in total. The van der Waals surface area contributed by atoms with Crippen LogP contribution in [0.5, 0.6) is 5.75 Å². The van der Waals surface area contributed by atoms with Crippen LogP contribution in [0.15, 0.2) is 82.2 Å². The first kappa shape index (κ1) is 28.5. The van der Waals surface area contributed by atoms with Gasteiger partial charge < -0.3 is 15.0 Å². The second kappa shape index (κ2) is 12.4. The fourth-order valence-electron chi connectivity index (χ4n) is 3.64. The average Bonchev–Trinajstić information content (AvgIpc) is 2.90. The van der Waals surface area contributed by atoms with Gasteiger partial charge >= 0.3 is 0 Å². The van der Waals surface area contributed by atoms with Crippen molar-refractivity contribution in [1.29, 1.82) is 0 Å². The molecular formula is C26H27BrClN3O5S. The average molecular weight is 609 g/mol. The van der Waals surface area contributed by atoms with E-state index in [1.54, 1.807) is 25.1 Å².